The Bertz CT molecular complexity index is 572. The third-order valence-electron chi connectivity index (χ3n) is 4.35. The number of benzene rings is 2. The zero-order valence-electron chi connectivity index (χ0n) is 11.9. The summed E-state index contributed by atoms with van der Waals surface area (Å²) in [5.41, 5.74) is 10.0. The molecular formula is C18H21NO. The van der Waals surface area contributed by atoms with Crippen LogP contribution < -0.4 is 10.5 Å². The average molecular weight is 267 g/mol. The van der Waals surface area contributed by atoms with Crippen LogP contribution in [0.1, 0.15) is 47.9 Å². The normalized spacial score (nSPS) is 16.5. The van der Waals surface area contributed by atoms with Gasteiger partial charge in [-0.3, -0.25) is 0 Å². The van der Waals surface area contributed by atoms with E-state index >= 15 is 0 Å². The van der Waals surface area contributed by atoms with E-state index in [-0.39, 0.29) is 6.04 Å². The predicted octanol–water partition coefficient (Wildman–Crippen LogP) is 4.01. The van der Waals surface area contributed by atoms with E-state index in [2.05, 4.69) is 24.3 Å². The standard InChI is InChI=1S/C18H21NO/c1-20-17-8-3-2-7-16(17)18(19)15-11-9-14(10-12-15)13-5-4-6-13/h2-3,7-13,18H,4-6,19H2,1H3. The van der Waals surface area contributed by atoms with Gasteiger partial charge in [0.05, 0.1) is 13.2 Å². The number of ether oxygens (including phenoxy) is 1. The summed E-state index contributed by atoms with van der Waals surface area (Å²) in [5.74, 6) is 1.62. The molecule has 1 aliphatic rings. The first-order valence-electron chi connectivity index (χ1n) is 7.28. The fraction of sp³-hybridized carbons (Fsp3) is 0.333. The first-order valence-corrected chi connectivity index (χ1v) is 7.28. The van der Waals surface area contributed by atoms with Gasteiger partial charge in [0.15, 0.2) is 0 Å². The van der Waals surface area contributed by atoms with Gasteiger partial charge in [-0.15, -0.1) is 0 Å². The highest BCUT2D eigenvalue weighted by atomic mass is 16.5. The number of rotatable bonds is 4. The van der Waals surface area contributed by atoms with Crippen molar-refractivity contribution in [2.24, 2.45) is 5.73 Å². The van der Waals surface area contributed by atoms with E-state index in [4.69, 9.17) is 10.5 Å². The van der Waals surface area contributed by atoms with E-state index in [1.54, 1.807) is 7.11 Å². The van der Waals surface area contributed by atoms with Crippen molar-refractivity contribution >= 4 is 0 Å². The largest absolute Gasteiger partial charge is 0.496 e. The second kappa shape index (κ2) is 5.68. The van der Waals surface area contributed by atoms with Crippen molar-refractivity contribution in [1.29, 1.82) is 0 Å². The molecular weight excluding hydrogens is 246 g/mol. The minimum atomic E-state index is -0.137. The third-order valence-corrected chi connectivity index (χ3v) is 4.35. The van der Waals surface area contributed by atoms with Crippen LogP contribution in [0.25, 0.3) is 0 Å². The summed E-state index contributed by atoms with van der Waals surface area (Å²) >= 11 is 0. The van der Waals surface area contributed by atoms with Crippen molar-refractivity contribution in [3.05, 3.63) is 65.2 Å². The topological polar surface area (TPSA) is 35.2 Å². The highest BCUT2D eigenvalue weighted by Crippen LogP contribution is 2.37. The van der Waals surface area contributed by atoms with Gasteiger partial charge in [-0.25, -0.2) is 0 Å². The van der Waals surface area contributed by atoms with Crippen molar-refractivity contribution in [2.75, 3.05) is 7.11 Å². The zero-order chi connectivity index (χ0) is 13.9. The summed E-state index contributed by atoms with van der Waals surface area (Å²) < 4.78 is 5.40. The minimum Gasteiger partial charge on any atom is -0.496 e. The lowest BCUT2D eigenvalue weighted by Crippen LogP contribution is -2.14. The Hall–Kier alpha value is -1.80. The summed E-state index contributed by atoms with van der Waals surface area (Å²) in [6.45, 7) is 0. The zero-order valence-corrected chi connectivity index (χ0v) is 11.9. The number of methoxy groups -OCH3 is 1. The minimum absolute atomic E-state index is 0.137. The molecule has 0 bridgehead atoms. The van der Waals surface area contributed by atoms with E-state index in [9.17, 15) is 0 Å². The molecule has 0 aromatic heterocycles. The summed E-state index contributed by atoms with van der Waals surface area (Å²) in [7, 11) is 1.69. The number of hydrogen-bond donors (Lipinski definition) is 1. The average Bonchev–Trinajstić information content (AvgIpc) is 2.45. The quantitative estimate of drug-likeness (QED) is 0.908. The second-order valence-corrected chi connectivity index (χ2v) is 5.51. The molecule has 2 N–H and O–H groups in total. The van der Waals surface area contributed by atoms with Crippen molar-refractivity contribution < 1.29 is 4.74 Å². The highest BCUT2D eigenvalue weighted by molar-refractivity contribution is 5.42. The highest BCUT2D eigenvalue weighted by Gasteiger charge is 2.20. The van der Waals surface area contributed by atoms with Gasteiger partial charge < -0.3 is 10.5 Å². The van der Waals surface area contributed by atoms with E-state index in [0.717, 1.165) is 22.8 Å². The van der Waals surface area contributed by atoms with Crippen LogP contribution in [0.5, 0.6) is 5.75 Å². The monoisotopic (exact) mass is 267 g/mol. The SMILES string of the molecule is COc1ccccc1C(N)c1ccc(C2CCC2)cc1. The summed E-state index contributed by atoms with van der Waals surface area (Å²) in [6.07, 6.45) is 4.03. The van der Waals surface area contributed by atoms with Crippen LogP contribution in [0.4, 0.5) is 0 Å². The van der Waals surface area contributed by atoms with Crippen molar-refractivity contribution in [3.8, 4) is 5.75 Å². The lowest BCUT2D eigenvalue weighted by Gasteiger charge is -2.26. The molecule has 0 amide bonds. The number of para-hydroxylation sites is 1. The van der Waals surface area contributed by atoms with Crippen LogP contribution in [0.15, 0.2) is 48.5 Å². The van der Waals surface area contributed by atoms with E-state index in [1.165, 1.54) is 24.8 Å². The van der Waals surface area contributed by atoms with Crippen molar-refractivity contribution in [1.82, 2.24) is 0 Å². The second-order valence-electron chi connectivity index (χ2n) is 5.51. The Kier molecular flexibility index (Phi) is 3.75. The molecule has 1 fully saturated rings. The third kappa shape index (κ3) is 2.44. The van der Waals surface area contributed by atoms with Gasteiger partial charge in [0.25, 0.3) is 0 Å². The Morgan fingerprint density at radius 3 is 2.35 bits per heavy atom. The van der Waals surface area contributed by atoms with E-state index in [0.29, 0.717) is 0 Å². The molecule has 1 unspecified atom stereocenters. The fourth-order valence-corrected chi connectivity index (χ4v) is 2.82. The van der Waals surface area contributed by atoms with E-state index in [1.807, 2.05) is 24.3 Å². The number of nitrogens with two attached hydrogens (primary N) is 1. The van der Waals surface area contributed by atoms with Gasteiger partial charge in [-0.2, -0.15) is 0 Å². The molecule has 104 valence electrons. The van der Waals surface area contributed by atoms with Crippen LogP contribution in [-0.2, 0) is 0 Å². The summed E-state index contributed by atoms with van der Waals surface area (Å²) in [6, 6.07) is 16.6. The molecule has 0 saturated heterocycles. The molecule has 1 saturated carbocycles. The molecule has 2 aromatic carbocycles. The van der Waals surface area contributed by atoms with Crippen LogP contribution in [0.3, 0.4) is 0 Å². The molecule has 3 rings (SSSR count). The molecule has 2 heteroatoms. The Morgan fingerprint density at radius 2 is 1.75 bits per heavy atom. The van der Waals surface area contributed by atoms with Gasteiger partial charge in [0.2, 0.25) is 0 Å². The van der Waals surface area contributed by atoms with Gasteiger partial charge in [0.1, 0.15) is 5.75 Å². The van der Waals surface area contributed by atoms with Crippen molar-refractivity contribution in [3.63, 3.8) is 0 Å². The lowest BCUT2D eigenvalue weighted by atomic mass is 9.79. The van der Waals surface area contributed by atoms with Crippen LogP contribution in [-0.4, -0.2) is 7.11 Å². The van der Waals surface area contributed by atoms with Gasteiger partial charge in [0, 0.05) is 5.56 Å². The van der Waals surface area contributed by atoms with Gasteiger partial charge in [-0.1, -0.05) is 48.9 Å². The van der Waals surface area contributed by atoms with Crippen LogP contribution in [0, 0.1) is 0 Å². The first-order chi connectivity index (χ1) is 9.79. The van der Waals surface area contributed by atoms with Gasteiger partial charge >= 0.3 is 0 Å². The molecule has 1 aliphatic carbocycles. The number of hydrogen-bond acceptors (Lipinski definition) is 2. The smallest absolute Gasteiger partial charge is 0.123 e. The molecule has 2 aromatic rings. The first kappa shape index (κ1) is 13.2. The maximum atomic E-state index is 6.39. The van der Waals surface area contributed by atoms with Crippen LogP contribution >= 0.6 is 0 Å². The maximum absolute atomic E-state index is 6.39. The molecule has 0 heterocycles. The Balaban J connectivity index is 1.84. The molecule has 0 aliphatic heterocycles. The fourth-order valence-electron chi connectivity index (χ4n) is 2.82. The maximum Gasteiger partial charge on any atom is 0.123 e. The van der Waals surface area contributed by atoms with E-state index < -0.39 is 0 Å². The molecule has 0 radical (unpaired) electrons. The Morgan fingerprint density at radius 1 is 1.05 bits per heavy atom. The molecule has 1 atom stereocenters. The molecule has 0 spiro atoms. The van der Waals surface area contributed by atoms with Crippen LogP contribution in [0.2, 0.25) is 0 Å². The molecule has 2 nitrogen and oxygen atoms in total. The molecule has 20 heavy (non-hydrogen) atoms. The summed E-state index contributed by atoms with van der Waals surface area (Å²) in [4.78, 5) is 0. The predicted molar refractivity (Wildman–Crippen MR) is 82.1 cm³/mol. The Labute approximate surface area is 120 Å². The van der Waals surface area contributed by atoms with Crippen molar-refractivity contribution in [2.45, 2.75) is 31.2 Å². The summed E-state index contributed by atoms with van der Waals surface area (Å²) in [5, 5.41) is 0. The lowest BCUT2D eigenvalue weighted by molar-refractivity contribution is 0.408. The van der Waals surface area contributed by atoms with Gasteiger partial charge in [-0.05, 0) is 36.0 Å².